The lowest BCUT2D eigenvalue weighted by Gasteiger charge is -2.24. The summed E-state index contributed by atoms with van der Waals surface area (Å²) >= 11 is 1.01. The molecule has 2 aromatic rings. The minimum absolute atomic E-state index is 0.0659. The summed E-state index contributed by atoms with van der Waals surface area (Å²) in [5.41, 5.74) is 7.05. The van der Waals surface area contributed by atoms with Gasteiger partial charge in [-0.2, -0.15) is 15.3 Å². The molecule has 1 aliphatic carbocycles. The molecule has 16 heteroatoms. The van der Waals surface area contributed by atoms with Crippen LogP contribution in [0.4, 0.5) is 5.82 Å². The van der Waals surface area contributed by atoms with E-state index < -0.39 is 40.1 Å². The minimum atomic E-state index is -3.39. The molecule has 1 aliphatic heterocycles. The summed E-state index contributed by atoms with van der Waals surface area (Å²) in [7, 11) is 0.322. The molecule has 0 amide bonds. The summed E-state index contributed by atoms with van der Waals surface area (Å²) in [6.45, 7) is 0. The quantitative estimate of drug-likeness (QED) is 0.312. The van der Waals surface area contributed by atoms with E-state index in [1.165, 1.54) is 6.33 Å². The molecule has 0 radical (unpaired) electrons. The Labute approximate surface area is 190 Å². The number of nitrogens with two attached hydrogens (primary N) is 2. The predicted octanol–water partition coefficient (Wildman–Crippen LogP) is 1.62. The van der Waals surface area contributed by atoms with Crippen molar-refractivity contribution in [3.8, 4) is 0 Å². The number of ether oxygens (including phenoxy) is 2. The molecule has 32 heavy (non-hydrogen) atoms. The fourth-order valence-electron chi connectivity index (χ4n) is 4.07. The van der Waals surface area contributed by atoms with Crippen molar-refractivity contribution >= 4 is 43.9 Å². The highest BCUT2D eigenvalue weighted by molar-refractivity contribution is 8.57. The van der Waals surface area contributed by atoms with E-state index >= 15 is 0 Å². The van der Waals surface area contributed by atoms with Gasteiger partial charge in [0.25, 0.3) is 0 Å². The van der Waals surface area contributed by atoms with E-state index in [1.54, 1.807) is 38.5 Å². The van der Waals surface area contributed by atoms with E-state index in [1.807, 2.05) is 0 Å². The van der Waals surface area contributed by atoms with Gasteiger partial charge in [-0.1, -0.05) is 4.62 Å². The molecule has 13 nitrogen and oxygen atoms in total. The summed E-state index contributed by atoms with van der Waals surface area (Å²) in [5, 5.41) is 0. The van der Waals surface area contributed by atoms with Crippen LogP contribution in [-0.4, -0.2) is 76.0 Å². The molecule has 1 saturated carbocycles. The monoisotopic (exact) mass is 509 g/mol. The molecule has 7 atom stereocenters. The standard InChI is InChI=1S/C16H27N6O7P2S/c1-24-13-12(28-31(23,29-18)32-4)11(8-5-9(8)30(25-2)26-3)27-16(13)22-7-21-10-14(17)19-6-20-15(10)22/h6-9,11-13,16,23H,5,18H2,1-4H3,(H2,17,19,20)/q+1. The van der Waals surface area contributed by atoms with Crippen LogP contribution in [0.15, 0.2) is 12.7 Å². The Morgan fingerprint density at radius 1 is 1.25 bits per heavy atom. The van der Waals surface area contributed by atoms with E-state index in [9.17, 15) is 4.89 Å². The van der Waals surface area contributed by atoms with Gasteiger partial charge in [-0.3, -0.25) is 4.57 Å². The second-order valence-corrected chi connectivity index (χ2v) is 13.4. The predicted molar refractivity (Wildman–Crippen MR) is 120 cm³/mol. The molecule has 3 heterocycles. The van der Waals surface area contributed by atoms with Gasteiger partial charge in [-0.05, 0) is 12.3 Å². The molecule has 178 valence electrons. The first-order valence-electron chi connectivity index (χ1n) is 9.64. The van der Waals surface area contributed by atoms with E-state index in [4.69, 9.17) is 39.3 Å². The average Bonchev–Trinajstić information content (AvgIpc) is 3.31. The van der Waals surface area contributed by atoms with Gasteiger partial charge >= 0.3 is 7.15 Å². The second-order valence-electron chi connectivity index (χ2n) is 7.22. The first-order valence-corrected chi connectivity index (χ1v) is 14.3. The van der Waals surface area contributed by atoms with E-state index in [-0.39, 0.29) is 17.4 Å². The van der Waals surface area contributed by atoms with Crippen LogP contribution < -0.4 is 11.6 Å². The van der Waals surface area contributed by atoms with E-state index in [0.29, 0.717) is 11.2 Å². The third-order valence-corrected chi connectivity index (χ3v) is 10.6. The Bertz CT molecular complexity index is 935. The Morgan fingerprint density at radius 3 is 2.62 bits per heavy atom. The fraction of sp³-hybridized carbons (Fsp3) is 0.688. The van der Waals surface area contributed by atoms with Crippen LogP contribution in [0.1, 0.15) is 12.6 Å². The Morgan fingerprint density at radius 2 is 2.00 bits per heavy atom. The zero-order valence-corrected chi connectivity index (χ0v) is 20.6. The molecule has 0 aromatic carbocycles. The number of anilines is 1. The van der Waals surface area contributed by atoms with Gasteiger partial charge in [-0.25, -0.2) is 15.0 Å². The van der Waals surface area contributed by atoms with Gasteiger partial charge in [0.1, 0.15) is 29.3 Å². The molecule has 4 rings (SSSR count). The molecule has 7 unspecified atom stereocenters. The number of hydrogen-bond acceptors (Lipinski definition) is 13. The lowest BCUT2D eigenvalue weighted by atomic mass is 10.1. The normalized spacial score (nSPS) is 32.0. The van der Waals surface area contributed by atoms with Gasteiger partial charge in [-0.15, -0.1) is 0 Å². The van der Waals surface area contributed by atoms with Crippen molar-refractivity contribution in [2.24, 2.45) is 11.8 Å². The summed E-state index contributed by atoms with van der Waals surface area (Å²) in [6, 6.07) is 0. The highest BCUT2D eigenvalue weighted by Gasteiger charge is 2.63. The summed E-state index contributed by atoms with van der Waals surface area (Å²) in [6.07, 6.45) is 3.00. The van der Waals surface area contributed by atoms with Crippen molar-refractivity contribution in [2.45, 2.75) is 36.6 Å². The van der Waals surface area contributed by atoms with Gasteiger partial charge in [0.15, 0.2) is 32.2 Å². The van der Waals surface area contributed by atoms with E-state index in [0.717, 1.165) is 17.8 Å². The molecular weight excluding hydrogens is 482 g/mol. The number of aromatic nitrogens is 4. The smallest absolute Gasteiger partial charge is 0.382 e. The molecular formula is C16H27N6O7P2S+. The molecule has 0 bridgehead atoms. The Balaban J connectivity index is 1.69. The molecule has 2 aliphatic rings. The van der Waals surface area contributed by atoms with Gasteiger partial charge in [0, 0.05) is 33.2 Å². The summed E-state index contributed by atoms with van der Waals surface area (Å²) < 4.78 is 35.8. The Hall–Kier alpha value is -0.760. The largest absolute Gasteiger partial charge is 0.497 e. The summed E-state index contributed by atoms with van der Waals surface area (Å²) in [5.74, 6) is 5.68. The summed E-state index contributed by atoms with van der Waals surface area (Å²) in [4.78, 5) is 23.3. The van der Waals surface area contributed by atoms with Crippen LogP contribution in [0, 0.1) is 5.92 Å². The zero-order valence-electron chi connectivity index (χ0n) is 18.0. The molecule has 2 aromatic heterocycles. The van der Waals surface area contributed by atoms with E-state index in [2.05, 4.69) is 15.0 Å². The maximum Gasteiger partial charge on any atom is 0.497 e. The number of nitrogens with zero attached hydrogens (tertiary/aromatic N) is 4. The molecule has 5 N–H and O–H groups in total. The third kappa shape index (κ3) is 4.35. The van der Waals surface area contributed by atoms with Crippen LogP contribution in [0.2, 0.25) is 0 Å². The van der Waals surface area contributed by atoms with Crippen molar-refractivity contribution < 1.29 is 32.6 Å². The Kier molecular flexibility index (Phi) is 7.50. The van der Waals surface area contributed by atoms with Crippen molar-refractivity contribution in [3.63, 3.8) is 0 Å². The van der Waals surface area contributed by atoms with Crippen molar-refractivity contribution in [1.29, 1.82) is 0 Å². The van der Waals surface area contributed by atoms with Crippen LogP contribution in [-0.2, 0) is 27.7 Å². The minimum Gasteiger partial charge on any atom is -0.382 e. The first kappa shape index (κ1) is 24.4. The lowest BCUT2D eigenvalue weighted by Crippen LogP contribution is -2.37. The van der Waals surface area contributed by atoms with Crippen molar-refractivity contribution in [1.82, 2.24) is 19.5 Å². The SMILES string of the molecule is COC1C(O[P+](O)(ON)SC)C(C2CC2P(OC)OC)OC1n1cnc2c(N)ncnc21. The van der Waals surface area contributed by atoms with Gasteiger partial charge < -0.3 is 24.3 Å². The highest BCUT2D eigenvalue weighted by Crippen LogP contribution is 2.69. The molecule has 0 spiro atoms. The number of methoxy groups -OCH3 is 1. The van der Waals surface area contributed by atoms with Crippen LogP contribution in [0.25, 0.3) is 11.2 Å². The van der Waals surface area contributed by atoms with Crippen LogP contribution >= 0.6 is 26.9 Å². The average molecular weight is 509 g/mol. The van der Waals surface area contributed by atoms with Crippen molar-refractivity contribution in [3.05, 3.63) is 12.7 Å². The fourth-order valence-corrected chi connectivity index (χ4v) is 7.24. The maximum absolute atomic E-state index is 10.7. The second kappa shape index (κ2) is 9.85. The number of nitrogen functional groups attached to an aromatic ring is 1. The molecule has 2 fully saturated rings. The third-order valence-electron chi connectivity index (χ3n) is 5.63. The first-order chi connectivity index (χ1) is 15.4. The maximum atomic E-state index is 10.7. The zero-order chi connectivity index (χ0) is 23.0. The van der Waals surface area contributed by atoms with Crippen molar-refractivity contribution in [2.75, 3.05) is 33.3 Å². The molecule has 1 saturated heterocycles. The number of imidazole rings is 1. The highest BCUT2D eigenvalue weighted by atomic mass is 32.7. The van der Waals surface area contributed by atoms with Crippen LogP contribution in [0.3, 0.4) is 0 Å². The van der Waals surface area contributed by atoms with Gasteiger partial charge in [0.05, 0.1) is 12.4 Å². The number of fused-ring (bicyclic) bond motifs is 1. The topological polar surface area (TPSA) is 171 Å². The lowest BCUT2D eigenvalue weighted by molar-refractivity contribution is -0.0525. The van der Waals surface area contributed by atoms with Gasteiger partial charge in [0.2, 0.25) is 0 Å². The number of rotatable bonds is 10. The number of hydrogen-bond donors (Lipinski definition) is 3. The van der Waals surface area contributed by atoms with Crippen LogP contribution in [0.5, 0.6) is 0 Å².